The maximum Gasteiger partial charge on any atom is 0.224 e. The number of carbonyl (C=O) groups is 1. The molecule has 2 fully saturated rings. The Hall–Kier alpha value is -1.50. The van der Waals surface area contributed by atoms with E-state index < -0.39 is 0 Å². The van der Waals surface area contributed by atoms with Gasteiger partial charge in [0.05, 0.1) is 18.2 Å². The van der Waals surface area contributed by atoms with Crippen molar-refractivity contribution in [3.8, 4) is 0 Å². The summed E-state index contributed by atoms with van der Waals surface area (Å²) < 4.78 is 5.01. The van der Waals surface area contributed by atoms with Crippen molar-refractivity contribution in [1.82, 2.24) is 20.1 Å². The van der Waals surface area contributed by atoms with E-state index >= 15 is 0 Å². The first-order valence-corrected chi connectivity index (χ1v) is 9.89. The van der Waals surface area contributed by atoms with Gasteiger partial charge in [0.1, 0.15) is 0 Å². The molecule has 26 heavy (non-hydrogen) atoms. The van der Waals surface area contributed by atoms with Gasteiger partial charge in [0.25, 0.3) is 0 Å². The molecule has 1 unspecified atom stereocenters. The predicted molar refractivity (Wildman–Crippen MR) is 102 cm³/mol. The first-order chi connectivity index (χ1) is 12.8. The van der Waals surface area contributed by atoms with Crippen molar-refractivity contribution in [3.05, 3.63) is 30.1 Å². The number of methoxy groups -OCH3 is 1. The van der Waals surface area contributed by atoms with Gasteiger partial charge in [0.15, 0.2) is 0 Å². The Kier molecular flexibility index (Phi) is 7.41. The Morgan fingerprint density at radius 3 is 2.85 bits per heavy atom. The molecule has 0 spiro atoms. The number of hydrogen-bond donors (Lipinski definition) is 1. The maximum absolute atomic E-state index is 12.3. The highest BCUT2D eigenvalue weighted by molar-refractivity contribution is 5.78. The molecule has 1 aromatic rings. The zero-order valence-corrected chi connectivity index (χ0v) is 15.9. The minimum Gasteiger partial charge on any atom is -0.383 e. The summed E-state index contributed by atoms with van der Waals surface area (Å²) in [6, 6.07) is 6.74. The van der Waals surface area contributed by atoms with Crippen LogP contribution in [0.15, 0.2) is 24.4 Å². The third-order valence-corrected chi connectivity index (χ3v) is 5.61. The average molecular weight is 361 g/mol. The van der Waals surface area contributed by atoms with Crippen molar-refractivity contribution in [2.24, 2.45) is 5.92 Å². The zero-order valence-electron chi connectivity index (χ0n) is 15.9. The van der Waals surface area contributed by atoms with Crippen LogP contribution >= 0.6 is 0 Å². The molecule has 2 aliphatic rings. The molecular formula is C20H32N4O2. The lowest BCUT2D eigenvalue weighted by atomic mass is 9.93. The van der Waals surface area contributed by atoms with Gasteiger partial charge in [-0.25, -0.2) is 0 Å². The molecule has 1 amide bonds. The lowest BCUT2D eigenvalue weighted by molar-refractivity contribution is -0.127. The Balaban J connectivity index is 1.43. The van der Waals surface area contributed by atoms with E-state index in [1.807, 2.05) is 12.3 Å². The van der Waals surface area contributed by atoms with E-state index in [9.17, 15) is 4.79 Å². The molecule has 0 aliphatic carbocycles. The number of amides is 1. The Morgan fingerprint density at radius 2 is 2.12 bits per heavy atom. The lowest BCUT2D eigenvalue weighted by Crippen LogP contribution is -2.50. The lowest BCUT2D eigenvalue weighted by Gasteiger charge is -2.42. The molecule has 6 heteroatoms. The van der Waals surface area contributed by atoms with Crippen LogP contribution in [0.1, 0.15) is 31.4 Å². The topological polar surface area (TPSA) is 57.7 Å². The Labute approximate surface area is 156 Å². The van der Waals surface area contributed by atoms with Gasteiger partial charge in [0.2, 0.25) is 5.91 Å². The highest BCUT2D eigenvalue weighted by Crippen LogP contribution is 2.24. The molecule has 144 valence electrons. The summed E-state index contributed by atoms with van der Waals surface area (Å²) in [6.07, 6.45) is 6.37. The summed E-state index contributed by atoms with van der Waals surface area (Å²) in [5.74, 6) is 0.325. The maximum atomic E-state index is 12.3. The monoisotopic (exact) mass is 360 g/mol. The first-order valence-electron chi connectivity index (χ1n) is 9.89. The molecular weight excluding hydrogens is 328 g/mol. The summed E-state index contributed by atoms with van der Waals surface area (Å²) in [5.41, 5.74) is 1.15. The number of pyridine rings is 1. The molecule has 1 N–H and O–H groups in total. The summed E-state index contributed by atoms with van der Waals surface area (Å²) in [7, 11) is 1.66. The van der Waals surface area contributed by atoms with Crippen LogP contribution in [0.4, 0.5) is 0 Å². The van der Waals surface area contributed by atoms with Crippen LogP contribution in [-0.2, 0) is 16.1 Å². The number of carbonyl (C=O) groups excluding carboxylic acids is 1. The fourth-order valence-electron chi connectivity index (χ4n) is 4.14. The van der Waals surface area contributed by atoms with E-state index in [4.69, 9.17) is 4.74 Å². The average Bonchev–Trinajstić information content (AvgIpc) is 2.69. The minimum atomic E-state index is 0.132. The molecule has 0 radical (unpaired) electrons. The number of aromatic nitrogens is 1. The number of rotatable bonds is 7. The second-order valence-corrected chi connectivity index (χ2v) is 7.45. The zero-order chi connectivity index (χ0) is 18.2. The van der Waals surface area contributed by atoms with Crippen LogP contribution in [0.25, 0.3) is 0 Å². The summed E-state index contributed by atoms with van der Waals surface area (Å²) in [4.78, 5) is 21.8. The van der Waals surface area contributed by atoms with E-state index in [0.29, 0.717) is 19.2 Å². The predicted octanol–water partition coefficient (Wildman–Crippen LogP) is 1.52. The summed E-state index contributed by atoms with van der Waals surface area (Å²) >= 11 is 0. The van der Waals surface area contributed by atoms with E-state index in [-0.39, 0.29) is 11.8 Å². The number of hydrogen-bond acceptors (Lipinski definition) is 5. The van der Waals surface area contributed by atoms with Gasteiger partial charge in [0, 0.05) is 52.1 Å². The van der Waals surface area contributed by atoms with Crippen LogP contribution < -0.4 is 5.32 Å². The van der Waals surface area contributed by atoms with Gasteiger partial charge in [-0.05, 0) is 44.4 Å². The number of piperidine rings is 2. The molecule has 3 rings (SSSR count). The highest BCUT2D eigenvalue weighted by atomic mass is 16.5. The first kappa shape index (κ1) is 19.3. The quantitative estimate of drug-likeness (QED) is 0.747. The van der Waals surface area contributed by atoms with Crippen molar-refractivity contribution < 1.29 is 9.53 Å². The third kappa shape index (κ3) is 5.50. The Bertz CT molecular complexity index is 546. The van der Waals surface area contributed by atoms with Gasteiger partial charge in [-0.15, -0.1) is 0 Å². The van der Waals surface area contributed by atoms with E-state index in [2.05, 4.69) is 32.2 Å². The summed E-state index contributed by atoms with van der Waals surface area (Å²) in [5, 5.41) is 3.01. The molecule has 0 saturated carbocycles. The van der Waals surface area contributed by atoms with E-state index in [1.165, 1.54) is 12.8 Å². The second kappa shape index (κ2) is 10.00. The standard InChI is InChI=1S/C20H32N4O2/c1-26-14-10-22-20(25)17-5-4-11-24(15-17)19-7-12-23(13-8-19)16-18-6-2-3-9-21-18/h2-3,6,9,17,19H,4-5,7-8,10-16H2,1H3,(H,22,25). The molecule has 6 nitrogen and oxygen atoms in total. The number of likely N-dealkylation sites (tertiary alicyclic amines) is 2. The number of nitrogens with zero attached hydrogens (tertiary/aromatic N) is 3. The fraction of sp³-hybridized carbons (Fsp3) is 0.700. The van der Waals surface area contributed by atoms with Crippen LogP contribution in [-0.4, -0.2) is 73.2 Å². The molecule has 2 aliphatic heterocycles. The normalized spacial score (nSPS) is 23.0. The molecule has 3 heterocycles. The molecule has 0 bridgehead atoms. The SMILES string of the molecule is COCCNC(=O)C1CCCN(C2CCN(Cc3ccccn3)CC2)C1. The van der Waals surface area contributed by atoms with Gasteiger partial charge in [-0.2, -0.15) is 0 Å². The van der Waals surface area contributed by atoms with Gasteiger partial charge in [-0.3, -0.25) is 19.6 Å². The smallest absolute Gasteiger partial charge is 0.224 e. The van der Waals surface area contributed by atoms with Crippen molar-refractivity contribution in [3.63, 3.8) is 0 Å². The highest BCUT2D eigenvalue weighted by Gasteiger charge is 2.31. The minimum absolute atomic E-state index is 0.132. The van der Waals surface area contributed by atoms with Crippen LogP contribution in [0.3, 0.4) is 0 Å². The molecule has 0 aromatic carbocycles. The number of nitrogens with one attached hydrogen (secondary N) is 1. The molecule has 1 atom stereocenters. The largest absolute Gasteiger partial charge is 0.383 e. The van der Waals surface area contributed by atoms with Gasteiger partial charge in [-0.1, -0.05) is 6.07 Å². The molecule has 1 aromatic heterocycles. The molecule has 2 saturated heterocycles. The van der Waals surface area contributed by atoms with Gasteiger partial charge < -0.3 is 10.1 Å². The van der Waals surface area contributed by atoms with Crippen molar-refractivity contribution in [2.45, 2.75) is 38.3 Å². The fourth-order valence-corrected chi connectivity index (χ4v) is 4.14. The van der Waals surface area contributed by atoms with Crippen molar-refractivity contribution in [1.29, 1.82) is 0 Å². The van der Waals surface area contributed by atoms with Crippen molar-refractivity contribution >= 4 is 5.91 Å². The van der Waals surface area contributed by atoms with Crippen LogP contribution in [0.5, 0.6) is 0 Å². The second-order valence-electron chi connectivity index (χ2n) is 7.45. The summed E-state index contributed by atoms with van der Waals surface area (Å²) in [6.45, 7) is 6.40. The van der Waals surface area contributed by atoms with Crippen LogP contribution in [0, 0.1) is 5.92 Å². The Morgan fingerprint density at radius 1 is 1.27 bits per heavy atom. The van der Waals surface area contributed by atoms with Gasteiger partial charge >= 0.3 is 0 Å². The van der Waals surface area contributed by atoms with Crippen molar-refractivity contribution in [2.75, 3.05) is 46.4 Å². The third-order valence-electron chi connectivity index (χ3n) is 5.61. The van der Waals surface area contributed by atoms with Crippen LogP contribution in [0.2, 0.25) is 0 Å². The number of ether oxygens (including phenoxy) is 1. The van der Waals surface area contributed by atoms with E-state index in [0.717, 1.165) is 51.3 Å². The van der Waals surface area contributed by atoms with E-state index in [1.54, 1.807) is 7.11 Å².